The molecule has 3 rings (SSSR count). The van der Waals surface area contributed by atoms with E-state index in [1.807, 2.05) is 39.0 Å². The van der Waals surface area contributed by atoms with Gasteiger partial charge in [-0.15, -0.1) is 0 Å². The van der Waals surface area contributed by atoms with Crippen LogP contribution in [0.25, 0.3) is 0 Å². The number of nitrogens with zero attached hydrogens (tertiary/aromatic N) is 2. The first-order chi connectivity index (χ1) is 11.8. The Morgan fingerprint density at radius 1 is 1.28 bits per heavy atom. The van der Waals surface area contributed by atoms with Crippen LogP contribution in [0.4, 0.5) is 5.95 Å². The third kappa shape index (κ3) is 4.14. The second-order valence-corrected chi connectivity index (χ2v) is 7.49. The van der Waals surface area contributed by atoms with E-state index in [9.17, 15) is 9.59 Å². The predicted octanol–water partition coefficient (Wildman–Crippen LogP) is 2.31. The van der Waals surface area contributed by atoms with Gasteiger partial charge in [-0.3, -0.25) is 24.8 Å². The van der Waals surface area contributed by atoms with E-state index in [0.29, 0.717) is 18.5 Å². The number of hydrogen-bond acceptors (Lipinski definition) is 4. The van der Waals surface area contributed by atoms with Crippen LogP contribution in [0, 0.1) is 5.41 Å². The van der Waals surface area contributed by atoms with Gasteiger partial charge in [0.05, 0.1) is 11.3 Å². The van der Waals surface area contributed by atoms with Crippen molar-refractivity contribution in [3.8, 4) is 0 Å². The van der Waals surface area contributed by atoms with Crippen molar-refractivity contribution in [2.45, 2.75) is 40.3 Å². The van der Waals surface area contributed by atoms with Crippen LogP contribution < -0.4 is 10.9 Å². The van der Waals surface area contributed by atoms with Crippen molar-refractivity contribution in [2.75, 3.05) is 11.9 Å². The van der Waals surface area contributed by atoms with Crippen molar-refractivity contribution >= 4 is 11.9 Å². The summed E-state index contributed by atoms with van der Waals surface area (Å²) < 4.78 is 0. The Hall–Kier alpha value is -2.47. The van der Waals surface area contributed by atoms with Crippen LogP contribution in [-0.4, -0.2) is 27.3 Å². The van der Waals surface area contributed by atoms with Crippen LogP contribution in [0.1, 0.15) is 37.6 Å². The van der Waals surface area contributed by atoms with E-state index in [1.165, 1.54) is 5.56 Å². The number of fused-ring (bicyclic) bond motifs is 1. The van der Waals surface area contributed by atoms with Crippen molar-refractivity contribution in [1.29, 1.82) is 0 Å². The third-order valence-corrected chi connectivity index (χ3v) is 4.31. The number of hydrogen-bond donors (Lipinski definition) is 2. The fraction of sp³-hybridized carbons (Fsp3) is 0.421. The maximum atomic E-state index is 12.4. The highest BCUT2D eigenvalue weighted by Crippen LogP contribution is 2.19. The minimum atomic E-state index is -0.541. The van der Waals surface area contributed by atoms with Gasteiger partial charge in [0.25, 0.3) is 5.56 Å². The number of anilines is 1. The molecule has 0 radical (unpaired) electrons. The van der Waals surface area contributed by atoms with Gasteiger partial charge in [0.1, 0.15) is 0 Å². The van der Waals surface area contributed by atoms with Gasteiger partial charge in [0.2, 0.25) is 11.9 Å². The van der Waals surface area contributed by atoms with Gasteiger partial charge in [-0.05, 0) is 5.56 Å². The van der Waals surface area contributed by atoms with E-state index in [4.69, 9.17) is 0 Å². The van der Waals surface area contributed by atoms with Gasteiger partial charge < -0.3 is 0 Å². The molecular weight excluding hydrogens is 316 g/mol. The van der Waals surface area contributed by atoms with Crippen LogP contribution >= 0.6 is 0 Å². The largest absolute Gasteiger partial charge is 0.296 e. The molecule has 0 saturated heterocycles. The molecule has 25 heavy (non-hydrogen) atoms. The van der Waals surface area contributed by atoms with Crippen molar-refractivity contribution in [2.24, 2.45) is 5.41 Å². The van der Waals surface area contributed by atoms with Crippen molar-refractivity contribution in [3.05, 3.63) is 57.5 Å². The van der Waals surface area contributed by atoms with Crippen LogP contribution in [0.3, 0.4) is 0 Å². The van der Waals surface area contributed by atoms with Crippen LogP contribution in [-0.2, 0) is 24.3 Å². The number of H-pyrrole nitrogens is 1. The SMILES string of the molecule is CC(C)(C)C(=O)Nc1nc2c(c(=O)[nH]1)CN(Cc1ccccc1)CC2. The zero-order chi connectivity index (χ0) is 18.0. The molecule has 0 unspecified atom stereocenters. The molecule has 0 spiro atoms. The van der Waals surface area contributed by atoms with Crippen LogP contribution in [0.15, 0.2) is 35.1 Å². The molecule has 6 nitrogen and oxygen atoms in total. The molecule has 1 aromatic carbocycles. The molecule has 1 aliphatic rings. The van der Waals surface area contributed by atoms with E-state index in [-0.39, 0.29) is 17.4 Å². The van der Waals surface area contributed by atoms with Crippen molar-refractivity contribution in [1.82, 2.24) is 14.9 Å². The number of rotatable bonds is 3. The second-order valence-electron chi connectivity index (χ2n) is 7.49. The molecule has 2 N–H and O–H groups in total. The molecular formula is C19H24N4O2. The lowest BCUT2D eigenvalue weighted by atomic mass is 9.96. The summed E-state index contributed by atoms with van der Waals surface area (Å²) in [6.45, 7) is 7.67. The first kappa shape index (κ1) is 17.4. The Morgan fingerprint density at radius 3 is 2.68 bits per heavy atom. The highest BCUT2D eigenvalue weighted by molar-refractivity contribution is 5.92. The Kier molecular flexibility index (Phi) is 4.72. The average molecular weight is 340 g/mol. The maximum Gasteiger partial charge on any atom is 0.257 e. The number of aromatic nitrogens is 2. The Balaban J connectivity index is 1.75. The van der Waals surface area contributed by atoms with E-state index in [0.717, 1.165) is 18.8 Å². The zero-order valence-electron chi connectivity index (χ0n) is 14.9. The summed E-state index contributed by atoms with van der Waals surface area (Å²) in [5.41, 5.74) is 1.98. The molecule has 0 aliphatic carbocycles. The first-order valence-electron chi connectivity index (χ1n) is 8.53. The molecule has 0 fully saturated rings. The van der Waals surface area contributed by atoms with Gasteiger partial charge >= 0.3 is 0 Å². The van der Waals surface area contributed by atoms with E-state index < -0.39 is 5.41 Å². The molecule has 0 saturated carbocycles. The van der Waals surface area contributed by atoms with E-state index >= 15 is 0 Å². The number of carbonyl (C=O) groups is 1. The number of carbonyl (C=O) groups excluding carboxylic acids is 1. The summed E-state index contributed by atoms with van der Waals surface area (Å²) in [4.78, 5) is 33.9. The monoisotopic (exact) mass is 340 g/mol. The highest BCUT2D eigenvalue weighted by atomic mass is 16.2. The average Bonchev–Trinajstić information content (AvgIpc) is 2.55. The molecule has 0 bridgehead atoms. The molecule has 2 heterocycles. The number of aromatic amines is 1. The summed E-state index contributed by atoms with van der Waals surface area (Å²) in [7, 11) is 0. The lowest BCUT2D eigenvalue weighted by Crippen LogP contribution is -2.36. The normalized spacial score (nSPS) is 14.8. The molecule has 0 atom stereocenters. The number of nitrogens with one attached hydrogen (secondary N) is 2. The quantitative estimate of drug-likeness (QED) is 0.899. The minimum absolute atomic E-state index is 0.169. The standard InChI is InChI=1S/C19H24N4O2/c1-19(2,3)17(25)22-18-20-15-9-10-23(12-14(15)16(24)21-18)11-13-7-5-4-6-8-13/h4-8H,9-12H2,1-3H3,(H2,20,21,22,24,25). The fourth-order valence-electron chi connectivity index (χ4n) is 2.81. The van der Waals surface area contributed by atoms with Crippen molar-refractivity contribution < 1.29 is 4.79 Å². The smallest absolute Gasteiger partial charge is 0.257 e. The Morgan fingerprint density at radius 2 is 2.00 bits per heavy atom. The second kappa shape index (κ2) is 6.80. The molecule has 2 aromatic rings. The van der Waals surface area contributed by atoms with Gasteiger partial charge in [-0.2, -0.15) is 0 Å². The maximum absolute atomic E-state index is 12.4. The molecule has 1 aliphatic heterocycles. The molecule has 6 heteroatoms. The zero-order valence-corrected chi connectivity index (χ0v) is 14.9. The topological polar surface area (TPSA) is 78.1 Å². The third-order valence-electron chi connectivity index (χ3n) is 4.31. The Bertz CT molecular complexity index is 822. The summed E-state index contributed by atoms with van der Waals surface area (Å²) in [6.07, 6.45) is 0.699. The summed E-state index contributed by atoms with van der Waals surface area (Å²) in [5, 5.41) is 2.70. The number of amides is 1. The lowest BCUT2D eigenvalue weighted by molar-refractivity contribution is -0.123. The summed E-state index contributed by atoms with van der Waals surface area (Å²) in [5.74, 6) is 0.0669. The van der Waals surface area contributed by atoms with Crippen LogP contribution in [0.5, 0.6) is 0 Å². The van der Waals surface area contributed by atoms with Gasteiger partial charge in [0.15, 0.2) is 0 Å². The molecule has 132 valence electrons. The summed E-state index contributed by atoms with van der Waals surface area (Å²) >= 11 is 0. The highest BCUT2D eigenvalue weighted by Gasteiger charge is 2.24. The van der Waals surface area contributed by atoms with Gasteiger partial charge in [-0.25, -0.2) is 4.98 Å². The van der Waals surface area contributed by atoms with E-state index in [2.05, 4.69) is 32.3 Å². The van der Waals surface area contributed by atoms with Crippen molar-refractivity contribution in [3.63, 3.8) is 0 Å². The fourth-order valence-corrected chi connectivity index (χ4v) is 2.81. The molecule has 1 aromatic heterocycles. The first-order valence-corrected chi connectivity index (χ1v) is 8.53. The van der Waals surface area contributed by atoms with Crippen LogP contribution in [0.2, 0.25) is 0 Å². The lowest BCUT2D eigenvalue weighted by Gasteiger charge is -2.28. The Labute approximate surface area is 147 Å². The minimum Gasteiger partial charge on any atom is -0.296 e. The van der Waals surface area contributed by atoms with E-state index in [1.54, 1.807) is 0 Å². The van der Waals surface area contributed by atoms with Gasteiger partial charge in [0, 0.05) is 31.5 Å². The molecule has 1 amide bonds. The van der Waals surface area contributed by atoms with Gasteiger partial charge in [-0.1, -0.05) is 51.1 Å². The summed E-state index contributed by atoms with van der Waals surface area (Å²) in [6, 6.07) is 10.2. The number of benzene rings is 1. The predicted molar refractivity (Wildman–Crippen MR) is 97.2 cm³/mol.